The van der Waals surface area contributed by atoms with Gasteiger partial charge < -0.3 is 19.9 Å². The fourth-order valence-corrected chi connectivity index (χ4v) is 4.91. The molecule has 5 aromatic rings. The second-order valence-corrected chi connectivity index (χ2v) is 9.27. The summed E-state index contributed by atoms with van der Waals surface area (Å²) in [7, 11) is 1.36. The Hall–Kier alpha value is -4.98. The molecule has 0 fully saturated rings. The average molecular weight is 504 g/mol. The number of carbonyl (C=O) groups excluding carboxylic acids is 2. The third kappa shape index (κ3) is 4.16. The van der Waals surface area contributed by atoms with Crippen molar-refractivity contribution in [1.29, 1.82) is 0 Å². The van der Waals surface area contributed by atoms with Crippen LogP contribution < -0.4 is 5.32 Å². The summed E-state index contributed by atoms with van der Waals surface area (Å²) < 4.78 is 4.79. The number of hydrogen-bond donors (Lipinski definition) is 2. The molecule has 2 aromatic heterocycles. The third-order valence-corrected chi connectivity index (χ3v) is 7.00. The number of fused-ring (bicyclic) bond motifs is 2. The second kappa shape index (κ2) is 9.48. The Morgan fingerprint density at radius 2 is 1.68 bits per heavy atom. The maximum Gasteiger partial charge on any atom is 0.337 e. The first-order valence-electron chi connectivity index (χ1n) is 12.3. The predicted octanol–water partition coefficient (Wildman–Crippen LogP) is 5.93. The number of nitrogens with zero attached hydrogens (tertiary/aromatic N) is 3. The van der Waals surface area contributed by atoms with Crippen LogP contribution >= 0.6 is 0 Å². The minimum atomic E-state index is -0.377. The van der Waals surface area contributed by atoms with Crippen molar-refractivity contribution in [2.75, 3.05) is 12.4 Å². The largest absolute Gasteiger partial charge is 0.465 e. The van der Waals surface area contributed by atoms with E-state index in [-0.39, 0.29) is 12.0 Å². The van der Waals surface area contributed by atoms with Gasteiger partial charge in [-0.05, 0) is 53.4 Å². The number of anilines is 1. The minimum Gasteiger partial charge on any atom is -0.465 e. The van der Waals surface area contributed by atoms with E-state index in [0.717, 1.165) is 39.2 Å². The summed E-state index contributed by atoms with van der Waals surface area (Å²) >= 11 is 0. The fraction of sp³-hybridized carbons (Fsp3) is 0.133. The molecule has 0 atom stereocenters. The Balaban J connectivity index is 1.29. The number of H-pyrrole nitrogens is 1. The van der Waals surface area contributed by atoms with Crippen LogP contribution in [-0.2, 0) is 17.8 Å². The highest BCUT2D eigenvalue weighted by Gasteiger charge is 2.24. The molecule has 0 unspecified atom stereocenters. The number of amides is 2. The molecule has 2 amide bonds. The molecule has 2 N–H and O–H groups in total. The zero-order valence-corrected chi connectivity index (χ0v) is 21.0. The molecule has 1 aliphatic heterocycles. The third-order valence-electron chi connectivity index (χ3n) is 7.00. The van der Waals surface area contributed by atoms with E-state index in [4.69, 9.17) is 4.74 Å². The first-order chi connectivity index (χ1) is 18.5. The van der Waals surface area contributed by atoms with Crippen LogP contribution in [0.4, 0.5) is 10.5 Å². The normalized spacial score (nSPS) is 12.4. The Morgan fingerprint density at radius 3 is 2.39 bits per heavy atom. The van der Waals surface area contributed by atoms with Crippen molar-refractivity contribution >= 4 is 28.7 Å². The van der Waals surface area contributed by atoms with Gasteiger partial charge in [0.1, 0.15) is 12.0 Å². The number of benzene rings is 3. The molecule has 188 valence electrons. The van der Waals surface area contributed by atoms with Gasteiger partial charge in [0.2, 0.25) is 0 Å². The van der Waals surface area contributed by atoms with E-state index < -0.39 is 0 Å². The molecule has 0 radical (unpaired) electrons. The number of carbonyl (C=O) groups is 2. The van der Waals surface area contributed by atoms with Gasteiger partial charge in [-0.25, -0.2) is 19.6 Å². The number of rotatable bonds is 4. The highest BCUT2D eigenvalue weighted by Crippen LogP contribution is 2.34. The molecular formula is C30H25N5O3. The minimum absolute atomic E-state index is 0.131. The van der Waals surface area contributed by atoms with E-state index in [0.29, 0.717) is 24.3 Å². The zero-order valence-electron chi connectivity index (χ0n) is 21.0. The van der Waals surface area contributed by atoms with Crippen molar-refractivity contribution in [3.63, 3.8) is 0 Å². The van der Waals surface area contributed by atoms with Crippen LogP contribution in [0, 0.1) is 6.92 Å². The standard InChI is InChI=1S/C30H25N5O3/c1-18-23(8-5-9-25(18)34-30(37)35-15-21-6-3-4-7-22(21)16-35)27-24-14-26(33-28(24)32-17-31-27)19-10-12-20(13-11-19)29(36)38-2/h3-14,17H,15-16H2,1-2H3,(H,34,37)(H,31,32,33). The van der Waals surface area contributed by atoms with Crippen LogP contribution in [-0.4, -0.2) is 39.0 Å². The molecule has 1 aliphatic rings. The van der Waals surface area contributed by atoms with Gasteiger partial charge in [0.05, 0.1) is 18.4 Å². The summed E-state index contributed by atoms with van der Waals surface area (Å²) in [6.07, 6.45) is 1.53. The summed E-state index contributed by atoms with van der Waals surface area (Å²) in [5.74, 6) is -0.377. The Kier molecular flexibility index (Phi) is 5.84. The Labute approximate surface area is 219 Å². The molecule has 0 saturated heterocycles. The lowest BCUT2D eigenvalue weighted by atomic mass is 10.0. The molecule has 3 aromatic carbocycles. The summed E-state index contributed by atoms with van der Waals surface area (Å²) in [6, 6.07) is 23.0. The van der Waals surface area contributed by atoms with Crippen LogP contribution in [0.3, 0.4) is 0 Å². The molecule has 8 nitrogen and oxygen atoms in total. The maximum atomic E-state index is 13.1. The summed E-state index contributed by atoms with van der Waals surface area (Å²) in [4.78, 5) is 39.1. The second-order valence-electron chi connectivity index (χ2n) is 9.27. The van der Waals surface area contributed by atoms with E-state index in [2.05, 4.69) is 32.4 Å². The van der Waals surface area contributed by atoms with Gasteiger partial charge >= 0.3 is 12.0 Å². The Bertz CT molecular complexity index is 1670. The van der Waals surface area contributed by atoms with Gasteiger partial charge in [0, 0.05) is 35.4 Å². The van der Waals surface area contributed by atoms with Crippen molar-refractivity contribution in [1.82, 2.24) is 19.9 Å². The van der Waals surface area contributed by atoms with E-state index in [1.165, 1.54) is 24.6 Å². The first-order valence-corrected chi connectivity index (χ1v) is 12.3. The molecule has 6 rings (SSSR count). The van der Waals surface area contributed by atoms with Gasteiger partial charge in [0.15, 0.2) is 0 Å². The molecule has 0 aliphatic carbocycles. The van der Waals surface area contributed by atoms with Crippen LogP contribution in [0.1, 0.15) is 27.0 Å². The van der Waals surface area contributed by atoms with Crippen LogP contribution in [0.5, 0.6) is 0 Å². The fourth-order valence-electron chi connectivity index (χ4n) is 4.91. The lowest BCUT2D eigenvalue weighted by Gasteiger charge is -2.18. The molecule has 3 heterocycles. The summed E-state index contributed by atoms with van der Waals surface area (Å²) in [5.41, 5.74) is 8.65. The van der Waals surface area contributed by atoms with Crippen molar-refractivity contribution in [3.8, 4) is 22.5 Å². The van der Waals surface area contributed by atoms with Gasteiger partial charge in [-0.2, -0.15) is 0 Å². The number of methoxy groups -OCH3 is 1. The molecule has 0 bridgehead atoms. The quantitative estimate of drug-likeness (QED) is 0.296. The summed E-state index contributed by atoms with van der Waals surface area (Å²) in [5, 5.41) is 3.96. The number of ether oxygens (including phenoxy) is 1. The van der Waals surface area contributed by atoms with Crippen LogP contribution in [0.2, 0.25) is 0 Å². The smallest absolute Gasteiger partial charge is 0.337 e. The molecule has 38 heavy (non-hydrogen) atoms. The number of aromatic amines is 1. The van der Waals surface area contributed by atoms with Crippen molar-refractivity contribution < 1.29 is 14.3 Å². The van der Waals surface area contributed by atoms with Crippen LogP contribution in [0.15, 0.2) is 79.1 Å². The molecule has 8 heteroatoms. The maximum absolute atomic E-state index is 13.1. The van der Waals surface area contributed by atoms with Gasteiger partial charge in [0.25, 0.3) is 0 Å². The first kappa shape index (κ1) is 23.4. The highest BCUT2D eigenvalue weighted by atomic mass is 16.5. The zero-order chi connectivity index (χ0) is 26.2. The van der Waals surface area contributed by atoms with Crippen molar-refractivity contribution in [2.24, 2.45) is 0 Å². The number of urea groups is 1. The SMILES string of the molecule is COC(=O)c1ccc(-c2cc3c(-c4cccc(NC(=O)N5Cc6ccccc6C5)c4C)ncnc3[nH]2)cc1. The van der Waals surface area contributed by atoms with E-state index in [1.807, 2.05) is 60.4 Å². The van der Waals surface area contributed by atoms with Crippen molar-refractivity contribution in [3.05, 3.63) is 101 Å². The molecule has 0 spiro atoms. The van der Waals surface area contributed by atoms with Gasteiger partial charge in [-0.1, -0.05) is 48.5 Å². The molecular weight excluding hydrogens is 478 g/mol. The number of hydrogen-bond acceptors (Lipinski definition) is 5. The Morgan fingerprint density at radius 1 is 0.947 bits per heavy atom. The monoisotopic (exact) mass is 503 g/mol. The van der Waals surface area contributed by atoms with Crippen molar-refractivity contribution in [2.45, 2.75) is 20.0 Å². The summed E-state index contributed by atoms with van der Waals surface area (Å²) in [6.45, 7) is 3.18. The van der Waals surface area contributed by atoms with Gasteiger partial charge in [-0.15, -0.1) is 0 Å². The lowest BCUT2D eigenvalue weighted by molar-refractivity contribution is 0.0600. The highest BCUT2D eigenvalue weighted by molar-refractivity contribution is 5.97. The number of nitrogens with one attached hydrogen (secondary N) is 2. The average Bonchev–Trinajstić information content (AvgIpc) is 3.59. The lowest BCUT2D eigenvalue weighted by Crippen LogP contribution is -2.30. The van der Waals surface area contributed by atoms with E-state index in [9.17, 15) is 9.59 Å². The topological polar surface area (TPSA) is 100 Å². The van der Waals surface area contributed by atoms with Gasteiger partial charge in [-0.3, -0.25) is 0 Å². The number of aromatic nitrogens is 3. The number of esters is 1. The predicted molar refractivity (Wildman–Crippen MR) is 146 cm³/mol. The van der Waals surface area contributed by atoms with Crippen LogP contribution in [0.25, 0.3) is 33.5 Å². The van der Waals surface area contributed by atoms with E-state index >= 15 is 0 Å². The molecule has 0 saturated carbocycles. The van der Waals surface area contributed by atoms with E-state index in [1.54, 1.807) is 12.1 Å².